The van der Waals surface area contributed by atoms with Crippen LogP contribution in [0.1, 0.15) is 45.7 Å². The van der Waals surface area contributed by atoms with E-state index in [9.17, 15) is 14.4 Å². The molecule has 0 bridgehead atoms. The molecule has 7 heteroatoms. The van der Waals surface area contributed by atoms with Crippen molar-refractivity contribution < 1.29 is 29.0 Å². The highest BCUT2D eigenvalue weighted by molar-refractivity contribution is 5.81. The van der Waals surface area contributed by atoms with Crippen molar-refractivity contribution in [3.8, 4) is 0 Å². The van der Waals surface area contributed by atoms with Gasteiger partial charge < -0.3 is 19.9 Å². The number of esters is 1. The number of carboxylic acid groups (broad SMARTS) is 1. The van der Waals surface area contributed by atoms with Gasteiger partial charge in [-0.05, 0) is 37.8 Å². The summed E-state index contributed by atoms with van der Waals surface area (Å²) in [5.41, 5.74) is 0.735. The van der Waals surface area contributed by atoms with Crippen molar-refractivity contribution in [3.63, 3.8) is 0 Å². The van der Waals surface area contributed by atoms with E-state index < -0.39 is 29.7 Å². The van der Waals surface area contributed by atoms with E-state index in [1.807, 2.05) is 0 Å². The lowest BCUT2D eigenvalue weighted by Gasteiger charge is -2.24. The molecule has 0 radical (unpaired) electrons. The number of carbonyl (C=O) groups is 3. The molecule has 0 saturated carbocycles. The Bertz CT molecular complexity index is 630. The average Bonchev–Trinajstić information content (AvgIpc) is 2.49. The van der Waals surface area contributed by atoms with Crippen LogP contribution in [-0.2, 0) is 32.1 Å². The number of ether oxygens (including phenoxy) is 2. The highest BCUT2D eigenvalue weighted by atomic mass is 16.6. The molecule has 0 aliphatic heterocycles. The zero-order chi connectivity index (χ0) is 19.9. The fourth-order valence-corrected chi connectivity index (χ4v) is 2.10. The summed E-state index contributed by atoms with van der Waals surface area (Å²) < 4.78 is 10.4. The number of rotatable bonds is 7. The van der Waals surface area contributed by atoms with Gasteiger partial charge in [0.1, 0.15) is 18.2 Å². The van der Waals surface area contributed by atoms with Crippen molar-refractivity contribution in [3.05, 3.63) is 35.4 Å². The van der Waals surface area contributed by atoms with Crippen molar-refractivity contribution in [2.24, 2.45) is 5.92 Å². The standard InChI is InChI=1S/C19H27NO6/c1-12(2)16(20-18(24)26-19(3,4)5)17(23)25-11-14-8-6-13(7-9-14)10-15(21)22/h6-9,12,16H,10-11H2,1-5H3,(H,20,24)(H,21,22)/t16-/m0/s1. The van der Waals surface area contributed by atoms with E-state index in [1.54, 1.807) is 58.9 Å². The Hall–Kier alpha value is -2.57. The van der Waals surface area contributed by atoms with Crippen LogP contribution in [0.3, 0.4) is 0 Å². The van der Waals surface area contributed by atoms with E-state index in [-0.39, 0.29) is 18.9 Å². The van der Waals surface area contributed by atoms with Gasteiger partial charge in [-0.25, -0.2) is 9.59 Å². The lowest BCUT2D eigenvalue weighted by Crippen LogP contribution is -2.47. The molecule has 7 nitrogen and oxygen atoms in total. The Labute approximate surface area is 153 Å². The SMILES string of the molecule is CC(C)[C@H](NC(=O)OC(C)(C)C)C(=O)OCc1ccc(CC(=O)O)cc1. The van der Waals surface area contributed by atoms with Gasteiger partial charge in [-0.3, -0.25) is 4.79 Å². The Balaban J connectivity index is 2.62. The molecular weight excluding hydrogens is 338 g/mol. The molecule has 1 rings (SSSR count). The van der Waals surface area contributed by atoms with Crippen LogP contribution in [0.2, 0.25) is 0 Å². The summed E-state index contributed by atoms with van der Waals surface area (Å²) in [4.78, 5) is 34.9. The molecular formula is C19H27NO6. The van der Waals surface area contributed by atoms with E-state index in [1.165, 1.54) is 0 Å². The Morgan fingerprint density at radius 3 is 2.08 bits per heavy atom. The molecule has 26 heavy (non-hydrogen) atoms. The van der Waals surface area contributed by atoms with Crippen molar-refractivity contribution in [2.75, 3.05) is 0 Å². The van der Waals surface area contributed by atoms with E-state index in [0.717, 1.165) is 5.56 Å². The van der Waals surface area contributed by atoms with E-state index in [4.69, 9.17) is 14.6 Å². The quantitative estimate of drug-likeness (QED) is 0.721. The number of hydrogen-bond acceptors (Lipinski definition) is 5. The van der Waals surface area contributed by atoms with Crippen LogP contribution in [0.25, 0.3) is 0 Å². The molecule has 0 aromatic heterocycles. The molecule has 144 valence electrons. The van der Waals surface area contributed by atoms with E-state index in [2.05, 4.69) is 5.32 Å². The van der Waals surface area contributed by atoms with Gasteiger partial charge in [-0.1, -0.05) is 38.1 Å². The third kappa shape index (κ3) is 8.00. The number of alkyl carbamates (subject to hydrolysis) is 1. The summed E-state index contributed by atoms with van der Waals surface area (Å²) in [5.74, 6) is -1.63. The predicted molar refractivity (Wildman–Crippen MR) is 95.6 cm³/mol. The third-order valence-electron chi connectivity index (χ3n) is 3.35. The first-order valence-corrected chi connectivity index (χ1v) is 8.43. The Morgan fingerprint density at radius 1 is 1.08 bits per heavy atom. The minimum Gasteiger partial charge on any atom is -0.481 e. The highest BCUT2D eigenvalue weighted by Crippen LogP contribution is 2.11. The van der Waals surface area contributed by atoms with Crippen LogP contribution >= 0.6 is 0 Å². The molecule has 0 aliphatic carbocycles. The molecule has 0 heterocycles. The first-order valence-electron chi connectivity index (χ1n) is 8.43. The van der Waals surface area contributed by atoms with Crippen LogP contribution in [0, 0.1) is 5.92 Å². The fraction of sp³-hybridized carbons (Fsp3) is 0.526. The highest BCUT2D eigenvalue weighted by Gasteiger charge is 2.28. The fourth-order valence-electron chi connectivity index (χ4n) is 2.10. The van der Waals surface area contributed by atoms with Crippen LogP contribution in [0.5, 0.6) is 0 Å². The second kappa shape index (κ2) is 9.22. The Kier molecular flexibility index (Phi) is 7.61. The molecule has 0 aliphatic rings. The lowest BCUT2D eigenvalue weighted by molar-refractivity contribution is -0.148. The number of carboxylic acids is 1. The van der Waals surface area contributed by atoms with Crippen LogP contribution in [-0.4, -0.2) is 34.8 Å². The number of benzene rings is 1. The minimum absolute atomic E-state index is 0.0331. The van der Waals surface area contributed by atoms with Gasteiger partial charge in [0.05, 0.1) is 6.42 Å². The van der Waals surface area contributed by atoms with Crippen molar-refractivity contribution in [1.29, 1.82) is 0 Å². The van der Waals surface area contributed by atoms with Crippen LogP contribution < -0.4 is 5.32 Å². The maximum Gasteiger partial charge on any atom is 0.408 e. The summed E-state index contributed by atoms with van der Waals surface area (Å²) >= 11 is 0. The maximum atomic E-state index is 12.3. The zero-order valence-electron chi connectivity index (χ0n) is 15.9. The zero-order valence-corrected chi connectivity index (χ0v) is 15.9. The molecule has 1 aromatic carbocycles. The van der Waals surface area contributed by atoms with E-state index >= 15 is 0 Å². The molecule has 0 fully saturated rings. The third-order valence-corrected chi connectivity index (χ3v) is 3.35. The average molecular weight is 365 g/mol. The predicted octanol–water partition coefficient (Wildman–Crippen LogP) is 2.91. The monoisotopic (exact) mass is 365 g/mol. The van der Waals surface area contributed by atoms with Crippen LogP contribution in [0.15, 0.2) is 24.3 Å². The summed E-state index contributed by atoms with van der Waals surface area (Å²) in [5, 5.41) is 11.3. The number of nitrogens with one attached hydrogen (secondary N) is 1. The first-order chi connectivity index (χ1) is 12.0. The number of amides is 1. The van der Waals surface area contributed by atoms with Gasteiger partial charge in [0, 0.05) is 0 Å². The molecule has 1 amide bonds. The molecule has 1 atom stereocenters. The largest absolute Gasteiger partial charge is 0.481 e. The number of carbonyl (C=O) groups excluding carboxylic acids is 2. The van der Waals surface area contributed by atoms with Gasteiger partial charge in [0.25, 0.3) is 0 Å². The molecule has 1 aromatic rings. The van der Waals surface area contributed by atoms with Gasteiger partial charge in [0.15, 0.2) is 0 Å². The normalized spacial score (nSPS) is 12.4. The summed E-state index contributed by atoms with van der Waals surface area (Å²) in [7, 11) is 0. The molecule has 0 spiro atoms. The molecule has 0 saturated heterocycles. The summed E-state index contributed by atoms with van der Waals surface area (Å²) in [6.45, 7) is 8.84. The van der Waals surface area contributed by atoms with Gasteiger partial charge >= 0.3 is 18.0 Å². The van der Waals surface area contributed by atoms with Gasteiger partial charge in [-0.15, -0.1) is 0 Å². The van der Waals surface area contributed by atoms with E-state index in [0.29, 0.717) is 5.56 Å². The van der Waals surface area contributed by atoms with Gasteiger partial charge in [0.2, 0.25) is 0 Å². The van der Waals surface area contributed by atoms with Crippen molar-refractivity contribution >= 4 is 18.0 Å². The minimum atomic E-state index is -0.905. The second-order valence-electron chi connectivity index (χ2n) is 7.36. The van der Waals surface area contributed by atoms with Gasteiger partial charge in [-0.2, -0.15) is 0 Å². The first kappa shape index (κ1) is 21.5. The number of hydrogen-bond donors (Lipinski definition) is 2. The van der Waals surface area contributed by atoms with Crippen molar-refractivity contribution in [1.82, 2.24) is 5.32 Å². The Morgan fingerprint density at radius 2 is 1.62 bits per heavy atom. The molecule has 0 unspecified atom stereocenters. The summed E-state index contributed by atoms with van der Waals surface area (Å²) in [6.07, 6.45) is -0.735. The topological polar surface area (TPSA) is 102 Å². The smallest absolute Gasteiger partial charge is 0.408 e. The lowest BCUT2D eigenvalue weighted by atomic mass is 10.1. The van der Waals surface area contributed by atoms with Crippen LogP contribution in [0.4, 0.5) is 4.79 Å². The second-order valence-corrected chi connectivity index (χ2v) is 7.36. The van der Waals surface area contributed by atoms with Crippen molar-refractivity contribution in [2.45, 2.75) is 59.3 Å². The molecule has 2 N–H and O–H groups in total. The maximum absolute atomic E-state index is 12.3. The number of aliphatic carboxylic acids is 1. The summed E-state index contributed by atoms with van der Waals surface area (Å²) in [6, 6.07) is 5.94.